The third kappa shape index (κ3) is 2.42. The monoisotopic (exact) mass is 210 g/mol. The lowest BCUT2D eigenvalue weighted by Gasteiger charge is -2.00. The Morgan fingerprint density at radius 3 is 2.50 bits per heavy atom. The number of benzene rings is 2. The Bertz CT molecular complexity index is 571. The van der Waals surface area contributed by atoms with E-state index in [4.69, 9.17) is 5.11 Å². The molecule has 0 fully saturated rings. The van der Waals surface area contributed by atoms with Crippen LogP contribution in [0.5, 0.6) is 0 Å². The van der Waals surface area contributed by atoms with Gasteiger partial charge >= 0.3 is 0 Å². The zero-order chi connectivity index (χ0) is 11.5. The summed E-state index contributed by atoms with van der Waals surface area (Å²) in [7, 11) is 0. The van der Waals surface area contributed by atoms with E-state index in [0.29, 0.717) is 0 Å². The van der Waals surface area contributed by atoms with Crippen LogP contribution in [0.15, 0.2) is 36.4 Å². The van der Waals surface area contributed by atoms with E-state index < -0.39 is 6.10 Å². The van der Waals surface area contributed by atoms with Crippen molar-refractivity contribution in [2.75, 3.05) is 0 Å². The normalized spacial score (nSPS) is 11.9. The van der Waals surface area contributed by atoms with Crippen molar-refractivity contribution in [2.45, 2.75) is 20.0 Å². The lowest BCUT2D eigenvalue weighted by molar-refractivity contribution is 0.253. The van der Waals surface area contributed by atoms with Gasteiger partial charge in [-0.3, -0.25) is 0 Å². The summed E-state index contributed by atoms with van der Waals surface area (Å²) in [6, 6.07) is 12.4. The van der Waals surface area contributed by atoms with Gasteiger partial charge in [0.25, 0.3) is 0 Å². The largest absolute Gasteiger partial charge is 0.381 e. The van der Waals surface area contributed by atoms with E-state index in [2.05, 4.69) is 43.0 Å². The molecule has 0 radical (unpaired) electrons. The summed E-state index contributed by atoms with van der Waals surface area (Å²) in [6.07, 6.45) is -0.575. The minimum atomic E-state index is -0.575. The number of fused-ring (bicyclic) bond motifs is 1. The Balaban J connectivity index is 2.46. The fourth-order valence-corrected chi connectivity index (χ4v) is 1.63. The first-order valence-electron chi connectivity index (χ1n) is 5.35. The summed E-state index contributed by atoms with van der Waals surface area (Å²) in [5, 5.41) is 11.5. The molecule has 0 aromatic heterocycles. The van der Waals surface area contributed by atoms with Gasteiger partial charge < -0.3 is 5.11 Å². The Kier molecular flexibility index (Phi) is 2.94. The standard InChI is InChI=1S/C15H14O/c1-11-3-7-15-10-13(5-4-12(2)16)6-8-14(15)9-11/h3,6-10,12,16H,1-2H3. The average molecular weight is 210 g/mol. The van der Waals surface area contributed by atoms with E-state index in [9.17, 15) is 0 Å². The molecule has 0 saturated carbocycles. The average Bonchev–Trinajstić information content (AvgIpc) is 2.26. The van der Waals surface area contributed by atoms with Crippen LogP contribution in [0.3, 0.4) is 0 Å². The Hall–Kier alpha value is -1.78. The molecule has 0 amide bonds. The highest BCUT2D eigenvalue weighted by molar-refractivity contribution is 5.84. The molecule has 0 spiro atoms. The molecule has 0 saturated heterocycles. The van der Waals surface area contributed by atoms with Gasteiger partial charge in [0.1, 0.15) is 6.10 Å². The second-order valence-electron chi connectivity index (χ2n) is 4.01. The minimum absolute atomic E-state index is 0.575. The summed E-state index contributed by atoms with van der Waals surface area (Å²) in [4.78, 5) is 0. The van der Waals surface area contributed by atoms with Crippen LogP contribution in [0.25, 0.3) is 10.8 Å². The van der Waals surface area contributed by atoms with E-state index in [0.717, 1.165) is 5.56 Å². The van der Waals surface area contributed by atoms with Crippen molar-refractivity contribution in [1.82, 2.24) is 0 Å². The van der Waals surface area contributed by atoms with Gasteiger partial charge in [-0.25, -0.2) is 0 Å². The third-order valence-electron chi connectivity index (χ3n) is 2.42. The maximum absolute atomic E-state index is 9.09. The predicted octanol–water partition coefficient (Wildman–Crippen LogP) is 2.88. The molecular weight excluding hydrogens is 196 g/mol. The van der Waals surface area contributed by atoms with Gasteiger partial charge in [-0.1, -0.05) is 41.7 Å². The SMILES string of the molecule is Cc1ccc2cc(C#CC(C)O)ccc2c1. The molecule has 0 aliphatic rings. The fourth-order valence-electron chi connectivity index (χ4n) is 1.63. The summed E-state index contributed by atoms with van der Waals surface area (Å²) in [5.41, 5.74) is 2.20. The molecule has 2 rings (SSSR count). The molecule has 0 aliphatic carbocycles. The van der Waals surface area contributed by atoms with Crippen molar-refractivity contribution < 1.29 is 5.11 Å². The van der Waals surface area contributed by atoms with E-state index in [1.54, 1.807) is 6.92 Å². The molecule has 0 aliphatic heterocycles. The highest BCUT2D eigenvalue weighted by Gasteiger charge is 1.95. The molecule has 1 atom stereocenters. The third-order valence-corrected chi connectivity index (χ3v) is 2.42. The van der Waals surface area contributed by atoms with Crippen LogP contribution in [-0.4, -0.2) is 11.2 Å². The molecular formula is C15H14O. The van der Waals surface area contributed by atoms with Gasteiger partial charge in [-0.2, -0.15) is 0 Å². The van der Waals surface area contributed by atoms with Crippen molar-refractivity contribution in [2.24, 2.45) is 0 Å². The number of aliphatic hydroxyl groups excluding tert-OH is 1. The van der Waals surface area contributed by atoms with Crippen LogP contribution in [0.4, 0.5) is 0 Å². The Morgan fingerprint density at radius 2 is 1.75 bits per heavy atom. The van der Waals surface area contributed by atoms with Gasteiger partial charge in [0, 0.05) is 5.56 Å². The number of aliphatic hydroxyl groups is 1. The zero-order valence-corrected chi connectivity index (χ0v) is 9.49. The van der Waals surface area contributed by atoms with E-state index >= 15 is 0 Å². The van der Waals surface area contributed by atoms with E-state index in [-0.39, 0.29) is 0 Å². The minimum Gasteiger partial charge on any atom is -0.381 e. The first-order valence-corrected chi connectivity index (χ1v) is 5.35. The highest BCUT2D eigenvalue weighted by atomic mass is 16.3. The summed E-state index contributed by atoms with van der Waals surface area (Å²) in [6.45, 7) is 3.75. The summed E-state index contributed by atoms with van der Waals surface area (Å²) < 4.78 is 0. The van der Waals surface area contributed by atoms with Crippen LogP contribution in [-0.2, 0) is 0 Å². The van der Waals surface area contributed by atoms with Gasteiger partial charge in [0.05, 0.1) is 0 Å². The Morgan fingerprint density at radius 1 is 1.06 bits per heavy atom. The molecule has 1 N–H and O–H groups in total. The number of hydrogen-bond donors (Lipinski definition) is 1. The van der Waals surface area contributed by atoms with Crippen molar-refractivity contribution in [1.29, 1.82) is 0 Å². The van der Waals surface area contributed by atoms with Crippen LogP contribution in [0.2, 0.25) is 0 Å². The van der Waals surface area contributed by atoms with Gasteiger partial charge in [-0.15, -0.1) is 0 Å². The molecule has 1 unspecified atom stereocenters. The molecule has 1 heteroatoms. The molecule has 2 aromatic carbocycles. The molecule has 0 bridgehead atoms. The fraction of sp³-hybridized carbons (Fsp3) is 0.200. The van der Waals surface area contributed by atoms with E-state index in [1.165, 1.54) is 16.3 Å². The van der Waals surface area contributed by atoms with Crippen molar-refractivity contribution in [3.8, 4) is 11.8 Å². The number of aryl methyl sites for hydroxylation is 1. The van der Waals surface area contributed by atoms with Crippen molar-refractivity contribution in [3.63, 3.8) is 0 Å². The summed E-state index contributed by atoms with van der Waals surface area (Å²) >= 11 is 0. The molecule has 2 aromatic rings. The quantitative estimate of drug-likeness (QED) is 0.663. The maximum Gasteiger partial charge on any atom is 0.112 e. The van der Waals surface area contributed by atoms with Crippen molar-refractivity contribution in [3.05, 3.63) is 47.5 Å². The number of rotatable bonds is 0. The Labute approximate surface area is 95.7 Å². The smallest absolute Gasteiger partial charge is 0.112 e. The van der Waals surface area contributed by atoms with Crippen LogP contribution < -0.4 is 0 Å². The first kappa shape index (κ1) is 10.7. The van der Waals surface area contributed by atoms with E-state index in [1.807, 2.05) is 12.1 Å². The molecule has 0 heterocycles. The van der Waals surface area contributed by atoms with Crippen LogP contribution in [0.1, 0.15) is 18.1 Å². The molecule has 16 heavy (non-hydrogen) atoms. The van der Waals surface area contributed by atoms with Crippen molar-refractivity contribution >= 4 is 10.8 Å². The predicted molar refractivity (Wildman–Crippen MR) is 67.2 cm³/mol. The van der Waals surface area contributed by atoms with Gasteiger partial charge in [0.15, 0.2) is 0 Å². The second kappa shape index (κ2) is 4.38. The molecule has 80 valence electrons. The summed E-state index contributed by atoms with van der Waals surface area (Å²) in [5.74, 6) is 5.69. The first-order chi connectivity index (χ1) is 7.65. The van der Waals surface area contributed by atoms with Gasteiger partial charge in [0.2, 0.25) is 0 Å². The maximum atomic E-state index is 9.09. The second-order valence-corrected chi connectivity index (χ2v) is 4.01. The lowest BCUT2D eigenvalue weighted by Crippen LogP contribution is -1.92. The zero-order valence-electron chi connectivity index (χ0n) is 9.49. The highest BCUT2D eigenvalue weighted by Crippen LogP contribution is 2.17. The van der Waals surface area contributed by atoms with Crippen LogP contribution in [0, 0.1) is 18.8 Å². The molecule has 1 nitrogen and oxygen atoms in total. The van der Waals surface area contributed by atoms with Gasteiger partial charge in [-0.05, 0) is 36.8 Å². The van der Waals surface area contributed by atoms with Crippen LogP contribution >= 0.6 is 0 Å². The lowest BCUT2D eigenvalue weighted by atomic mass is 10.0. The topological polar surface area (TPSA) is 20.2 Å². The number of hydrogen-bond acceptors (Lipinski definition) is 1.